The summed E-state index contributed by atoms with van der Waals surface area (Å²) >= 11 is 0. The molecular formula is C25H34O4. The van der Waals surface area contributed by atoms with E-state index in [1.165, 1.54) is 19.2 Å². The number of carbonyl (C=O) groups is 1. The Hall–Kier alpha value is -2.75. The maximum absolute atomic E-state index is 12.2. The molecule has 1 aromatic carbocycles. The molecule has 0 spiro atoms. The molecule has 0 bridgehead atoms. The Kier molecular flexibility index (Phi) is 12.7. The van der Waals surface area contributed by atoms with Crippen molar-refractivity contribution in [2.75, 3.05) is 7.11 Å². The monoisotopic (exact) mass is 398 g/mol. The lowest BCUT2D eigenvalue weighted by molar-refractivity contribution is 0.0974. The van der Waals surface area contributed by atoms with Crippen LogP contribution in [0.25, 0.3) is 0 Å². The van der Waals surface area contributed by atoms with Gasteiger partial charge in [-0.2, -0.15) is 0 Å². The van der Waals surface area contributed by atoms with Crippen LogP contribution in [0.4, 0.5) is 0 Å². The van der Waals surface area contributed by atoms with Gasteiger partial charge >= 0.3 is 0 Å². The SMILES string of the molecule is CC/C=C\C/C=C\C/C=C\C/C=C\CCCCC(=O)c1c(O)cc(OC)cc1O. The van der Waals surface area contributed by atoms with Gasteiger partial charge in [0.05, 0.1) is 7.11 Å². The maximum Gasteiger partial charge on any atom is 0.170 e. The summed E-state index contributed by atoms with van der Waals surface area (Å²) in [5.74, 6) is -0.430. The van der Waals surface area contributed by atoms with Gasteiger partial charge in [-0.1, -0.05) is 55.5 Å². The molecule has 0 aliphatic heterocycles. The van der Waals surface area contributed by atoms with Crippen molar-refractivity contribution >= 4 is 5.78 Å². The molecule has 2 N–H and O–H groups in total. The van der Waals surface area contributed by atoms with E-state index in [4.69, 9.17) is 4.74 Å². The average Bonchev–Trinajstić information content (AvgIpc) is 2.70. The van der Waals surface area contributed by atoms with Crippen molar-refractivity contribution in [2.24, 2.45) is 0 Å². The molecule has 1 aromatic rings. The number of benzene rings is 1. The molecule has 0 aliphatic carbocycles. The van der Waals surface area contributed by atoms with Crippen LogP contribution in [0.2, 0.25) is 0 Å². The van der Waals surface area contributed by atoms with E-state index in [0.29, 0.717) is 18.6 Å². The second-order valence-electron chi connectivity index (χ2n) is 6.71. The van der Waals surface area contributed by atoms with Crippen molar-refractivity contribution in [3.05, 3.63) is 66.3 Å². The first-order chi connectivity index (χ1) is 14.1. The predicted octanol–water partition coefficient (Wildman–Crippen LogP) is 6.65. The van der Waals surface area contributed by atoms with E-state index in [1.54, 1.807) is 0 Å². The number of allylic oxidation sites excluding steroid dienone is 8. The third-order valence-corrected chi connectivity index (χ3v) is 4.33. The highest BCUT2D eigenvalue weighted by Crippen LogP contribution is 2.33. The highest BCUT2D eigenvalue weighted by Gasteiger charge is 2.17. The van der Waals surface area contributed by atoms with Gasteiger partial charge in [0.1, 0.15) is 22.8 Å². The summed E-state index contributed by atoms with van der Waals surface area (Å²) in [4.78, 5) is 12.2. The number of phenols is 2. The largest absolute Gasteiger partial charge is 0.507 e. The predicted molar refractivity (Wildman–Crippen MR) is 120 cm³/mol. The molecule has 0 unspecified atom stereocenters. The van der Waals surface area contributed by atoms with Crippen LogP contribution in [0, 0.1) is 0 Å². The van der Waals surface area contributed by atoms with E-state index < -0.39 is 0 Å². The zero-order valence-corrected chi connectivity index (χ0v) is 17.6. The highest BCUT2D eigenvalue weighted by atomic mass is 16.5. The highest BCUT2D eigenvalue weighted by molar-refractivity contribution is 6.01. The molecule has 0 saturated heterocycles. The summed E-state index contributed by atoms with van der Waals surface area (Å²) in [6, 6.07) is 2.67. The first kappa shape index (κ1) is 24.3. The van der Waals surface area contributed by atoms with Gasteiger partial charge in [0.15, 0.2) is 5.78 Å². The normalized spacial score (nSPS) is 12.1. The standard InChI is InChI=1S/C25H34O4/c1-3-4-5-6-7-8-9-10-11-12-13-14-15-16-17-18-22(26)25-23(27)19-21(29-2)20-24(25)28/h4-5,7-8,10-11,13-14,19-20,27-28H,3,6,9,12,15-18H2,1-2H3/b5-4-,8-7-,11-10-,14-13-. The smallest absolute Gasteiger partial charge is 0.170 e. The molecule has 29 heavy (non-hydrogen) atoms. The van der Waals surface area contributed by atoms with E-state index in [9.17, 15) is 15.0 Å². The molecule has 0 heterocycles. The summed E-state index contributed by atoms with van der Waals surface area (Å²) < 4.78 is 4.95. The summed E-state index contributed by atoms with van der Waals surface area (Å²) in [6.07, 6.45) is 24.0. The Morgan fingerprint density at radius 1 is 0.862 bits per heavy atom. The van der Waals surface area contributed by atoms with E-state index in [2.05, 4.69) is 55.5 Å². The molecule has 158 valence electrons. The molecule has 0 radical (unpaired) electrons. The Morgan fingerprint density at radius 2 is 1.38 bits per heavy atom. The van der Waals surface area contributed by atoms with Crippen LogP contribution in [0.15, 0.2) is 60.7 Å². The lowest BCUT2D eigenvalue weighted by Crippen LogP contribution is -2.00. The van der Waals surface area contributed by atoms with Gasteiger partial charge in [-0.3, -0.25) is 4.79 Å². The lowest BCUT2D eigenvalue weighted by Gasteiger charge is -2.08. The third kappa shape index (κ3) is 10.4. The first-order valence-electron chi connectivity index (χ1n) is 10.3. The molecule has 4 heteroatoms. The minimum Gasteiger partial charge on any atom is -0.507 e. The third-order valence-electron chi connectivity index (χ3n) is 4.33. The van der Waals surface area contributed by atoms with Crippen molar-refractivity contribution in [2.45, 2.75) is 58.3 Å². The van der Waals surface area contributed by atoms with Crippen LogP contribution < -0.4 is 4.74 Å². The zero-order valence-electron chi connectivity index (χ0n) is 17.6. The summed E-state index contributed by atoms with van der Waals surface area (Å²) in [5, 5.41) is 19.8. The second kappa shape index (κ2) is 15.2. The molecule has 0 aliphatic rings. The molecule has 0 atom stereocenters. The topological polar surface area (TPSA) is 66.8 Å². The fourth-order valence-electron chi connectivity index (χ4n) is 2.76. The van der Waals surface area contributed by atoms with Crippen LogP contribution in [-0.2, 0) is 0 Å². The number of carbonyl (C=O) groups excluding carboxylic acids is 1. The van der Waals surface area contributed by atoms with Gasteiger partial charge in [-0.25, -0.2) is 0 Å². The average molecular weight is 399 g/mol. The van der Waals surface area contributed by atoms with Crippen molar-refractivity contribution in [3.8, 4) is 17.2 Å². The zero-order chi connectivity index (χ0) is 21.3. The van der Waals surface area contributed by atoms with Crippen molar-refractivity contribution in [3.63, 3.8) is 0 Å². The minimum absolute atomic E-state index is 0.0260. The van der Waals surface area contributed by atoms with Gasteiger partial charge in [-0.15, -0.1) is 0 Å². The van der Waals surface area contributed by atoms with Crippen LogP contribution >= 0.6 is 0 Å². The van der Waals surface area contributed by atoms with Gasteiger partial charge in [-0.05, 0) is 44.9 Å². The number of unbranched alkanes of at least 4 members (excludes halogenated alkanes) is 2. The van der Waals surface area contributed by atoms with Gasteiger partial charge in [0, 0.05) is 18.6 Å². The number of Topliss-reactive ketones (excluding diaryl/α,β-unsaturated/α-hetero) is 1. The second-order valence-corrected chi connectivity index (χ2v) is 6.71. The van der Waals surface area contributed by atoms with Crippen LogP contribution in [0.1, 0.15) is 68.6 Å². The molecule has 1 rings (SSSR count). The molecule has 0 aromatic heterocycles. The van der Waals surface area contributed by atoms with Crippen LogP contribution in [0.3, 0.4) is 0 Å². The number of phenolic OH excluding ortho intramolecular Hbond substituents is 2. The Morgan fingerprint density at radius 3 is 1.90 bits per heavy atom. The molecule has 4 nitrogen and oxygen atoms in total. The number of ether oxygens (including phenoxy) is 1. The summed E-state index contributed by atoms with van der Waals surface area (Å²) in [5.41, 5.74) is -0.0260. The van der Waals surface area contributed by atoms with E-state index in [-0.39, 0.29) is 22.8 Å². The number of hydrogen-bond donors (Lipinski definition) is 2. The Labute approximate surface area is 174 Å². The molecule has 0 amide bonds. The van der Waals surface area contributed by atoms with Crippen molar-refractivity contribution < 1.29 is 19.7 Å². The summed E-state index contributed by atoms with van der Waals surface area (Å²) in [7, 11) is 1.43. The molecule has 0 fully saturated rings. The van der Waals surface area contributed by atoms with Crippen molar-refractivity contribution in [1.82, 2.24) is 0 Å². The minimum atomic E-state index is -0.257. The first-order valence-corrected chi connectivity index (χ1v) is 10.3. The fraction of sp³-hybridized carbons (Fsp3) is 0.400. The quantitative estimate of drug-likeness (QED) is 0.209. The number of hydrogen-bond acceptors (Lipinski definition) is 4. The summed E-state index contributed by atoms with van der Waals surface area (Å²) in [6.45, 7) is 2.13. The van der Waals surface area contributed by atoms with E-state index in [0.717, 1.165) is 38.5 Å². The number of rotatable bonds is 14. The van der Waals surface area contributed by atoms with Crippen LogP contribution in [-0.4, -0.2) is 23.1 Å². The van der Waals surface area contributed by atoms with Crippen LogP contribution in [0.5, 0.6) is 17.2 Å². The number of aromatic hydroxyl groups is 2. The maximum atomic E-state index is 12.2. The van der Waals surface area contributed by atoms with E-state index >= 15 is 0 Å². The van der Waals surface area contributed by atoms with Gasteiger partial charge < -0.3 is 14.9 Å². The van der Waals surface area contributed by atoms with E-state index in [1.807, 2.05) is 0 Å². The number of ketones is 1. The van der Waals surface area contributed by atoms with Crippen molar-refractivity contribution in [1.29, 1.82) is 0 Å². The Balaban J connectivity index is 2.18. The lowest BCUT2D eigenvalue weighted by atomic mass is 10.0. The molecular weight excluding hydrogens is 364 g/mol. The number of methoxy groups -OCH3 is 1. The molecule has 0 saturated carbocycles. The fourth-order valence-corrected chi connectivity index (χ4v) is 2.76. The van der Waals surface area contributed by atoms with Gasteiger partial charge in [0.2, 0.25) is 0 Å². The Bertz CT molecular complexity index is 703. The van der Waals surface area contributed by atoms with Gasteiger partial charge in [0.25, 0.3) is 0 Å².